The van der Waals surface area contributed by atoms with Crippen LogP contribution in [0.15, 0.2) is 97.2 Å². The van der Waals surface area contributed by atoms with Crippen molar-refractivity contribution in [2.45, 2.75) is 6.04 Å². The molecule has 1 aromatic heterocycles. The summed E-state index contributed by atoms with van der Waals surface area (Å²) < 4.78 is 5.43. The van der Waals surface area contributed by atoms with Gasteiger partial charge in [-0.1, -0.05) is 60.7 Å². The van der Waals surface area contributed by atoms with Crippen LogP contribution in [0.4, 0.5) is 17.3 Å². The molecule has 3 N–H and O–H groups in total. The number of nitrogens with one attached hydrogen (secondary N) is 3. The number of ether oxygens (including phenoxy) is 1. The molecule has 1 unspecified atom stereocenters. The van der Waals surface area contributed by atoms with Crippen molar-refractivity contribution in [1.29, 1.82) is 0 Å². The predicted octanol–water partition coefficient (Wildman–Crippen LogP) is 4.49. The zero-order valence-corrected chi connectivity index (χ0v) is 21.2. The predicted molar refractivity (Wildman–Crippen MR) is 150 cm³/mol. The summed E-state index contributed by atoms with van der Waals surface area (Å²) in [5.74, 6) is 0.433. The van der Waals surface area contributed by atoms with Crippen LogP contribution in [0.2, 0.25) is 0 Å². The third-order valence-corrected chi connectivity index (χ3v) is 6.41. The molecular formula is C30H32N6O2. The second-order valence-corrected chi connectivity index (χ2v) is 9.07. The lowest BCUT2D eigenvalue weighted by Gasteiger charge is -2.27. The first kappa shape index (κ1) is 25.5. The summed E-state index contributed by atoms with van der Waals surface area (Å²) in [4.78, 5) is 24.6. The second kappa shape index (κ2) is 12.9. The van der Waals surface area contributed by atoms with Gasteiger partial charge in [-0.15, -0.1) is 0 Å². The average Bonchev–Trinajstić information content (AvgIpc) is 2.97. The quantitative estimate of drug-likeness (QED) is 0.291. The molecule has 38 heavy (non-hydrogen) atoms. The summed E-state index contributed by atoms with van der Waals surface area (Å²) in [7, 11) is 0. The molecule has 1 saturated heterocycles. The van der Waals surface area contributed by atoms with Crippen LogP contribution < -0.4 is 16.0 Å². The van der Waals surface area contributed by atoms with Crippen LogP contribution in [-0.2, 0) is 9.53 Å². The van der Waals surface area contributed by atoms with Crippen LogP contribution >= 0.6 is 0 Å². The Morgan fingerprint density at radius 1 is 0.868 bits per heavy atom. The molecule has 0 bridgehead atoms. The van der Waals surface area contributed by atoms with Gasteiger partial charge in [-0.2, -0.15) is 0 Å². The minimum atomic E-state index is -0.453. The van der Waals surface area contributed by atoms with E-state index in [0.717, 1.165) is 61.0 Å². The van der Waals surface area contributed by atoms with E-state index in [4.69, 9.17) is 4.74 Å². The van der Waals surface area contributed by atoms with Crippen LogP contribution in [0.25, 0.3) is 11.3 Å². The molecule has 1 aliphatic rings. The molecule has 1 fully saturated rings. The van der Waals surface area contributed by atoms with Gasteiger partial charge in [-0.3, -0.25) is 9.69 Å². The molecule has 3 aromatic carbocycles. The summed E-state index contributed by atoms with van der Waals surface area (Å²) in [5, 5.41) is 9.74. The van der Waals surface area contributed by atoms with Crippen molar-refractivity contribution in [3.8, 4) is 11.3 Å². The zero-order valence-electron chi connectivity index (χ0n) is 21.2. The van der Waals surface area contributed by atoms with Gasteiger partial charge < -0.3 is 20.7 Å². The third-order valence-electron chi connectivity index (χ3n) is 6.41. The van der Waals surface area contributed by atoms with E-state index >= 15 is 0 Å². The highest BCUT2D eigenvalue weighted by molar-refractivity contribution is 5.95. The highest BCUT2D eigenvalue weighted by atomic mass is 16.5. The van der Waals surface area contributed by atoms with E-state index in [0.29, 0.717) is 12.5 Å². The Balaban J connectivity index is 1.23. The number of rotatable bonds is 10. The number of hydrogen-bond donors (Lipinski definition) is 3. The van der Waals surface area contributed by atoms with E-state index in [9.17, 15) is 4.79 Å². The number of hydrogen-bond acceptors (Lipinski definition) is 7. The molecule has 4 aromatic rings. The van der Waals surface area contributed by atoms with Gasteiger partial charge in [0.1, 0.15) is 6.04 Å². The summed E-state index contributed by atoms with van der Waals surface area (Å²) >= 11 is 0. The van der Waals surface area contributed by atoms with Crippen molar-refractivity contribution in [3.63, 3.8) is 0 Å². The van der Waals surface area contributed by atoms with Gasteiger partial charge in [-0.05, 0) is 35.9 Å². The maximum atomic E-state index is 13.3. The molecule has 0 spiro atoms. The number of aromatic nitrogens is 2. The zero-order chi connectivity index (χ0) is 26.0. The van der Waals surface area contributed by atoms with E-state index in [1.54, 1.807) is 6.20 Å². The Morgan fingerprint density at radius 2 is 1.58 bits per heavy atom. The maximum absolute atomic E-state index is 13.3. The van der Waals surface area contributed by atoms with E-state index in [2.05, 4.69) is 30.8 Å². The van der Waals surface area contributed by atoms with E-state index in [1.165, 1.54) is 0 Å². The summed E-state index contributed by atoms with van der Waals surface area (Å²) in [6.07, 6.45) is 1.73. The number of benzene rings is 3. The lowest BCUT2D eigenvalue weighted by molar-refractivity contribution is -0.118. The van der Waals surface area contributed by atoms with Crippen molar-refractivity contribution < 1.29 is 9.53 Å². The number of para-hydroxylation sites is 1. The number of nitrogens with zero attached hydrogens (tertiary/aromatic N) is 3. The molecular weight excluding hydrogens is 476 g/mol. The molecule has 5 rings (SSSR count). The van der Waals surface area contributed by atoms with E-state index in [1.807, 2.05) is 91.0 Å². The summed E-state index contributed by atoms with van der Waals surface area (Å²) in [6.45, 7) is 4.95. The van der Waals surface area contributed by atoms with Crippen LogP contribution in [0.3, 0.4) is 0 Å². The fraction of sp³-hybridized carbons (Fsp3) is 0.233. The van der Waals surface area contributed by atoms with Crippen LogP contribution in [0, 0.1) is 0 Å². The molecule has 1 amide bonds. The fourth-order valence-electron chi connectivity index (χ4n) is 4.37. The molecule has 0 saturated carbocycles. The Bertz CT molecular complexity index is 1300. The van der Waals surface area contributed by atoms with Gasteiger partial charge in [0.2, 0.25) is 11.9 Å². The maximum Gasteiger partial charge on any atom is 0.246 e. The molecule has 1 atom stereocenters. The smallest absolute Gasteiger partial charge is 0.246 e. The molecule has 8 heteroatoms. The molecule has 0 radical (unpaired) electrons. The SMILES string of the molecule is O=C(Nc1ccc(-c2ccnc(Nc3ccccc3)n2)cc1)C(NCCN1CCOCC1)c1ccccc1. The van der Waals surface area contributed by atoms with Gasteiger partial charge in [0.15, 0.2) is 0 Å². The standard InChI is InChI=1S/C30H32N6O2/c37-29(28(24-7-3-1-4-8-24)31-17-18-36-19-21-38-22-20-36)33-26-13-11-23(12-14-26)27-15-16-32-30(35-27)34-25-9-5-2-6-10-25/h1-16,28,31H,17-22H2,(H,33,37)(H,32,34,35). The lowest BCUT2D eigenvalue weighted by Crippen LogP contribution is -2.42. The first-order valence-corrected chi connectivity index (χ1v) is 12.9. The fourth-order valence-corrected chi connectivity index (χ4v) is 4.37. The molecule has 194 valence electrons. The Morgan fingerprint density at radius 3 is 2.32 bits per heavy atom. The minimum Gasteiger partial charge on any atom is -0.379 e. The van der Waals surface area contributed by atoms with Crippen LogP contribution in [0.5, 0.6) is 0 Å². The van der Waals surface area contributed by atoms with Crippen LogP contribution in [-0.4, -0.2) is 60.2 Å². The number of carbonyl (C=O) groups excluding carboxylic acids is 1. The number of anilines is 3. The normalized spacial score (nSPS) is 14.5. The number of morpholine rings is 1. The summed E-state index contributed by atoms with van der Waals surface area (Å²) in [6, 6.07) is 28.8. The largest absolute Gasteiger partial charge is 0.379 e. The van der Waals surface area contributed by atoms with Crippen molar-refractivity contribution in [3.05, 3.63) is 103 Å². The number of carbonyl (C=O) groups is 1. The van der Waals surface area contributed by atoms with Crippen LogP contribution in [0.1, 0.15) is 11.6 Å². The van der Waals surface area contributed by atoms with Crippen molar-refractivity contribution in [1.82, 2.24) is 20.2 Å². The van der Waals surface area contributed by atoms with Gasteiger partial charge in [0.05, 0.1) is 18.9 Å². The molecule has 1 aliphatic heterocycles. The number of amides is 1. The highest BCUT2D eigenvalue weighted by Gasteiger charge is 2.21. The van der Waals surface area contributed by atoms with Gasteiger partial charge in [0, 0.05) is 49.3 Å². The topological polar surface area (TPSA) is 91.4 Å². The van der Waals surface area contributed by atoms with Crippen molar-refractivity contribution in [2.24, 2.45) is 0 Å². The van der Waals surface area contributed by atoms with Gasteiger partial charge >= 0.3 is 0 Å². The average molecular weight is 509 g/mol. The van der Waals surface area contributed by atoms with Gasteiger partial charge in [0.25, 0.3) is 0 Å². The minimum absolute atomic E-state index is 0.0951. The van der Waals surface area contributed by atoms with Crippen molar-refractivity contribution >= 4 is 23.2 Å². The lowest BCUT2D eigenvalue weighted by atomic mass is 10.1. The monoisotopic (exact) mass is 508 g/mol. The van der Waals surface area contributed by atoms with Crippen molar-refractivity contribution in [2.75, 3.05) is 50.0 Å². The Hall–Kier alpha value is -4.11. The summed E-state index contributed by atoms with van der Waals surface area (Å²) in [5.41, 5.74) is 4.32. The Kier molecular flexibility index (Phi) is 8.68. The molecule has 2 heterocycles. The first-order chi connectivity index (χ1) is 18.7. The Labute approximate surface area is 223 Å². The van der Waals surface area contributed by atoms with E-state index in [-0.39, 0.29) is 5.91 Å². The van der Waals surface area contributed by atoms with E-state index < -0.39 is 6.04 Å². The molecule has 8 nitrogen and oxygen atoms in total. The first-order valence-electron chi connectivity index (χ1n) is 12.9. The second-order valence-electron chi connectivity index (χ2n) is 9.07. The third kappa shape index (κ3) is 7.01. The highest BCUT2D eigenvalue weighted by Crippen LogP contribution is 2.22. The molecule has 0 aliphatic carbocycles. The van der Waals surface area contributed by atoms with Gasteiger partial charge in [-0.25, -0.2) is 9.97 Å².